The molecule has 2 unspecified atom stereocenters. The Bertz CT molecular complexity index is 395. The van der Waals surface area contributed by atoms with Gasteiger partial charge < -0.3 is 14.8 Å². The predicted molar refractivity (Wildman–Crippen MR) is 78.1 cm³/mol. The van der Waals surface area contributed by atoms with Gasteiger partial charge in [0.05, 0.1) is 14.2 Å². The summed E-state index contributed by atoms with van der Waals surface area (Å²) >= 11 is 0. The van der Waals surface area contributed by atoms with Crippen LogP contribution in [0, 0.1) is 11.8 Å². The molecule has 0 amide bonds. The van der Waals surface area contributed by atoms with Gasteiger partial charge in [0, 0.05) is 6.07 Å². The fraction of sp³-hybridized carbons (Fsp3) is 0.625. The second kappa shape index (κ2) is 6.29. The van der Waals surface area contributed by atoms with Gasteiger partial charge in [-0.05, 0) is 55.0 Å². The van der Waals surface area contributed by atoms with Crippen LogP contribution in [0.25, 0.3) is 0 Å². The Balaban J connectivity index is 1.93. The van der Waals surface area contributed by atoms with E-state index in [4.69, 9.17) is 9.47 Å². The van der Waals surface area contributed by atoms with Crippen molar-refractivity contribution in [3.05, 3.63) is 23.8 Å². The summed E-state index contributed by atoms with van der Waals surface area (Å²) in [7, 11) is 3.40. The molecular formula is C16H25NO2. The zero-order valence-corrected chi connectivity index (χ0v) is 12.4. The van der Waals surface area contributed by atoms with Crippen molar-refractivity contribution in [3.8, 4) is 11.5 Å². The van der Waals surface area contributed by atoms with E-state index in [1.54, 1.807) is 14.2 Å². The summed E-state index contributed by atoms with van der Waals surface area (Å²) in [6.07, 6.45) is 1.27. The fourth-order valence-corrected chi connectivity index (χ4v) is 2.48. The van der Waals surface area contributed by atoms with Gasteiger partial charge >= 0.3 is 0 Å². The maximum Gasteiger partial charge on any atom is 0.122 e. The normalized spacial score (nSPS) is 21.5. The molecule has 0 heterocycles. The van der Waals surface area contributed by atoms with E-state index >= 15 is 0 Å². The van der Waals surface area contributed by atoms with Crippen molar-refractivity contribution in [2.75, 3.05) is 27.3 Å². The van der Waals surface area contributed by atoms with E-state index < -0.39 is 0 Å². The molecule has 3 nitrogen and oxygen atoms in total. The molecular weight excluding hydrogens is 238 g/mol. The van der Waals surface area contributed by atoms with Crippen LogP contribution in [0.3, 0.4) is 0 Å². The van der Waals surface area contributed by atoms with Gasteiger partial charge in [-0.1, -0.05) is 13.8 Å². The number of nitrogens with one attached hydrogen (secondary N) is 1. The summed E-state index contributed by atoms with van der Waals surface area (Å²) in [5.74, 6) is 3.90. The summed E-state index contributed by atoms with van der Waals surface area (Å²) in [4.78, 5) is 0. The number of rotatable bonds is 7. The SMILES string of the molecule is COc1cc(OC)cc(C2CC2CNCC(C)C)c1. The first-order valence-electron chi connectivity index (χ1n) is 7.07. The Morgan fingerprint density at radius 2 is 1.79 bits per heavy atom. The van der Waals surface area contributed by atoms with Crippen LogP contribution >= 0.6 is 0 Å². The second-order valence-corrected chi connectivity index (χ2v) is 5.80. The van der Waals surface area contributed by atoms with E-state index in [9.17, 15) is 0 Å². The fourth-order valence-electron chi connectivity index (χ4n) is 2.48. The molecule has 1 fully saturated rings. The number of ether oxygens (including phenoxy) is 2. The maximum atomic E-state index is 5.33. The van der Waals surface area contributed by atoms with Crippen molar-refractivity contribution < 1.29 is 9.47 Å². The number of methoxy groups -OCH3 is 2. The van der Waals surface area contributed by atoms with Crippen molar-refractivity contribution in [1.82, 2.24) is 5.32 Å². The van der Waals surface area contributed by atoms with Gasteiger partial charge in [0.2, 0.25) is 0 Å². The van der Waals surface area contributed by atoms with Gasteiger partial charge in [-0.2, -0.15) is 0 Å². The standard InChI is InChI=1S/C16H25NO2/c1-11(2)9-17-10-13-7-16(13)12-5-14(18-3)8-15(6-12)19-4/h5-6,8,11,13,16-17H,7,9-10H2,1-4H3. The van der Waals surface area contributed by atoms with Gasteiger partial charge in [-0.3, -0.25) is 0 Å². The molecule has 0 aromatic heterocycles. The van der Waals surface area contributed by atoms with E-state index in [0.717, 1.165) is 30.5 Å². The van der Waals surface area contributed by atoms with Gasteiger partial charge in [0.1, 0.15) is 11.5 Å². The van der Waals surface area contributed by atoms with Crippen molar-refractivity contribution in [2.24, 2.45) is 11.8 Å². The molecule has 0 spiro atoms. The van der Waals surface area contributed by atoms with E-state index in [2.05, 4.69) is 31.3 Å². The predicted octanol–water partition coefficient (Wildman–Crippen LogP) is 3.05. The van der Waals surface area contributed by atoms with Crippen LogP contribution in [0.2, 0.25) is 0 Å². The van der Waals surface area contributed by atoms with Gasteiger partial charge in [-0.25, -0.2) is 0 Å². The molecule has 1 saturated carbocycles. The number of benzene rings is 1. The lowest BCUT2D eigenvalue weighted by atomic mass is 10.1. The van der Waals surface area contributed by atoms with E-state index in [1.807, 2.05) is 6.07 Å². The smallest absolute Gasteiger partial charge is 0.122 e. The molecule has 19 heavy (non-hydrogen) atoms. The highest BCUT2D eigenvalue weighted by Crippen LogP contribution is 2.48. The van der Waals surface area contributed by atoms with Crippen LogP contribution in [0.5, 0.6) is 11.5 Å². The molecule has 0 radical (unpaired) electrons. The van der Waals surface area contributed by atoms with Crippen molar-refractivity contribution in [2.45, 2.75) is 26.2 Å². The summed E-state index contributed by atoms with van der Waals surface area (Å²) in [6, 6.07) is 6.20. The third-order valence-electron chi connectivity index (χ3n) is 3.68. The molecule has 106 valence electrons. The molecule has 1 aliphatic carbocycles. The van der Waals surface area contributed by atoms with Crippen molar-refractivity contribution in [3.63, 3.8) is 0 Å². The van der Waals surface area contributed by atoms with Crippen molar-refractivity contribution >= 4 is 0 Å². The zero-order valence-electron chi connectivity index (χ0n) is 12.4. The molecule has 1 aromatic carbocycles. The summed E-state index contributed by atoms with van der Waals surface area (Å²) < 4.78 is 10.7. The highest BCUT2D eigenvalue weighted by Gasteiger charge is 2.38. The molecule has 0 aliphatic heterocycles. The molecule has 1 N–H and O–H groups in total. The minimum Gasteiger partial charge on any atom is -0.497 e. The Labute approximate surface area is 116 Å². The molecule has 1 aromatic rings. The van der Waals surface area contributed by atoms with E-state index in [0.29, 0.717) is 11.8 Å². The lowest BCUT2D eigenvalue weighted by Gasteiger charge is -2.09. The summed E-state index contributed by atoms with van der Waals surface area (Å²) in [5, 5.41) is 3.54. The monoisotopic (exact) mass is 263 g/mol. The molecule has 0 saturated heterocycles. The van der Waals surface area contributed by atoms with Crippen LogP contribution in [-0.4, -0.2) is 27.3 Å². The maximum absolute atomic E-state index is 5.33. The third kappa shape index (κ3) is 3.87. The number of hydrogen-bond acceptors (Lipinski definition) is 3. The van der Waals surface area contributed by atoms with Gasteiger partial charge in [-0.15, -0.1) is 0 Å². The molecule has 3 heteroatoms. The summed E-state index contributed by atoms with van der Waals surface area (Å²) in [6.45, 7) is 6.70. The highest BCUT2D eigenvalue weighted by atomic mass is 16.5. The zero-order chi connectivity index (χ0) is 13.8. The van der Waals surface area contributed by atoms with Crippen LogP contribution in [-0.2, 0) is 0 Å². The Kier molecular flexibility index (Phi) is 4.70. The molecule has 2 atom stereocenters. The molecule has 2 rings (SSSR count). The quantitative estimate of drug-likeness (QED) is 0.820. The van der Waals surface area contributed by atoms with Gasteiger partial charge in [0.15, 0.2) is 0 Å². The van der Waals surface area contributed by atoms with Crippen LogP contribution in [0.1, 0.15) is 31.7 Å². The Morgan fingerprint density at radius 3 is 2.32 bits per heavy atom. The van der Waals surface area contributed by atoms with Crippen molar-refractivity contribution in [1.29, 1.82) is 0 Å². The van der Waals surface area contributed by atoms with E-state index in [-0.39, 0.29) is 0 Å². The van der Waals surface area contributed by atoms with Crippen LogP contribution in [0.15, 0.2) is 18.2 Å². The average Bonchev–Trinajstić information content (AvgIpc) is 3.17. The second-order valence-electron chi connectivity index (χ2n) is 5.80. The molecule has 1 aliphatic rings. The van der Waals surface area contributed by atoms with Gasteiger partial charge in [0.25, 0.3) is 0 Å². The van der Waals surface area contributed by atoms with Crippen LogP contribution < -0.4 is 14.8 Å². The topological polar surface area (TPSA) is 30.5 Å². The largest absolute Gasteiger partial charge is 0.497 e. The number of hydrogen-bond donors (Lipinski definition) is 1. The highest BCUT2D eigenvalue weighted by molar-refractivity contribution is 5.42. The lowest BCUT2D eigenvalue weighted by Crippen LogP contribution is -2.22. The third-order valence-corrected chi connectivity index (χ3v) is 3.68. The Hall–Kier alpha value is -1.22. The summed E-state index contributed by atoms with van der Waals surface area (Å²) in [5.41, 5.74) is 1.34. The minimum atomic E-state index is 0.656. The van der Waals surface area contributed by atoms with Crippen LogP contribution in [0.4, 0.5) is 0 Å². The van der Waals surface area contributed by atoms with E-state index in [1.165, 1.54) is 12.0 Å². The lowest BCUT2D eigenvalue weighted by molar-refractivity contribution is 0.393. The first-order valence-corrected chi connectivity index (χ1v) is 7.07. The first-order chi connectivity index (χ1) is 9.13. The minimum absolute atomic E-state index is 0.656. The average molecular weight is 263 g/mol. The molecule has 0 bridgehead atoms. The first kappa shape index (κ1) is 14.2. The Morgan fingerprint density at radius 1 is 1.16 bits per heavy atom.